The van der Waals surface area contributed by atoms with Crippen molar-refractivity contribution in [1.29, 1.82) is 0 Å². The highest BCUT2D eigenvalue weighted by Crippen LogP contribution is 1.94. The molecule has 0 aliphatic rings. The van der Waals surface area contributed by atoms with Crippen LogP contribution in [0.2, 0.25) is 0 Å². The fraction of sp³-hybridized carbons (Fsp3) is 1.00. The van der Waals surface area contributed by atoms with Gasteiger partial charge in [-0.3, -0.25) is 0 Å². The van der Waals surface area contributed by atoms with E-state index in [2.05, 4.69) is 12.2 Å². The lowest BCUT2D eigenvalue weighted by Gasteiger charge is -2.01. The average molecular weight is 235 g/mol. The zero-order valence-electron chi connectivity index (χ0n) is 7.54. The lowest BCUT2D eigenvalue weighted by Crippen LogP contribution is -2.20. The standard InChI is InChI=1S/C7H18N2S.2ClH/c1-2-10-7-6-9-5-3-4-8;;/h9H,2-8H2,1H3;2*1H. The summed E-state index contributed by atoms with van der Waals surface area (Å²) in [5, 5.41) is 3.32. The first-order chi connectivity index (χ1) is 4.91. The molecule has 5 heteroatoms. The summed E-state index contributed by atoms with van der Waals surface area (Å²) in [5.41, 5.74) is 5.32. The van der Waals surface area contributed by atoms with Crippen molar-refractivity contribution in [2.45, 2.75) is 13.3 Å². The van der Waals surface area contributed by atoms with Crippen molar-refractivity contribution in [1.82, 2.24) is 5.32 Å². The number of nitrogens with two attached hydrogens (primary N) is 1. The van der Waals surface area contributed by atoms with Gasteiger partial charge < -0.3 is 11.1 Å². The third-order valence-corrected chi connectivity index (χ3v) is 2.09. The highest BCUT2D eigenvalue weighted by atomic mass is 35.5. The minimum atomic E-state index is 0. The molecule has 0 aromatic heterocycles. The smallest absolute Gasteiger partial charge is 0.00579 e. The van der Waals surface area contributed by atoms with Crippen LogP contribution >= 0.6 is 36.6 Å². The van der Waals surface area contributed by atoms with Crippen molar-refractivity contribution in [2.24, 2.45) is 5.73 Å². The summed E-state index contributed by atoms with van der Waals surface area (Å²) < 4.78 is 0. The van der Waals surface area contributed by atoms with Crippen LogP contribution in [-0.2, 0) is 0 Å². The van der Waals surface area contributed by atoms with E-state index in [1.807, 2.05) is 11.8 Å². The summed E-state index contributed by atoms with van der Waals surface area (Å²) in [5.74, 6) is 2.44. The predicted molar refractivity (Wildman–Crippen MR) is 64.0 cm³/mol. The summed E-state index contributed by atoms with van der Waals surface area (Å²) in [7, 11) is 0. The highest BCUT2D eigenvalue weighted by Gasteiger charge is 1.85. The molecule has 2 nitrogen and oxygen atoms in total. The second-order valence-corrected chi connectivity index (χ2v) is 3.48. The van der Waals surface area contributed by atoms with Gasteiger partial charge in [-0.1, -0.05) is 6.92 Å². The number of halogens is 2. The Kier molecular flexibility index (Phi) is 27.6. The quantitative estimate of drug-likeness (QED) is 0.657. The van der Waals surface area contributed by atoms with Gasteiger partial charge in [-0.15, -0.1) is 24.8 Å². The van der Waals surface area contributed by atoms with Gasteiger partial charge in [0.2, 0.25) is 0 Å². The van der Waals surface area contributed by atoms with Crippen molar-refractivity contribution in [3.8, 4) is 0 Å². The van der Waals surface area contributed by atoms with Gasteiger partial charge in [0.25, 0.3) is 0 Å². The van der Waals surface area contributed by atoms with Gasteiger partial charge in [0.1, 0.15) is 0 Å². The van der Waals surface area contributed by atoms with Gasteiger partial charge in [0.05, 0.1) is 0 Å². The average Bonchev–Trinajstić information content (AvgIpc) is 1.97. The summed E-state index contributed by atoms with van der Waals surface area (Å²) in [6.45, 7) is 5.18. The summed E-state index contributed by atoms with van der Waals surface area (Å²) >= 11 is 1.97. The van der Waals surface area contributed by atoms with E-state index < -0.39 is 0 Å². The molecule has 0 radical (unpaired) electrons. The van der Waals surface area contributed by atoms with Crippen LogP contribution in [0.15, 0.2) is 0 Å². The number of thioether (sulfide) groups is 1. The van der Waals surface area contributed by atoms with E-state index in [0.29, 0.717) is 0 Å². The van der Waals surface area contributed by atoms with Crippen molar-refractivity contribution >= 4 is 36.6 Å². The van der Waals surface area contributed by atoms with Crippen molar-refractivity contribution in [3.63, 3.8) is 0 Å². The first-order valence-corrected chi connectivity index (χ1v) is 5.05. The Hall–Kier alpha value is 0.850. The molecule has 0 aromatic rings. The van der Waals surface area contributed by atoms with Gasteiger partial charge in [0, 0.05) is 12.3 Å². The molecule has 0 heterocycles. The number of rotatable bonds is 7. The van der Waals surface area contributed by atoms with E-state index in [1.54, 1.807) is 0 Å². The van der Waals surface area contributed by atoms with Gasteiger partial charge in [0.15, 0.2) is 0 Å². The number of hydrogen-bond donors (Lipinski definition) is 2. The van der Waals surface area contributed by atoms with Crippen LogP contribution in [0.5, 0.6) is 0 Å². The largest absolute Gasteiger partial charge is 0.330 e. The minimum Gasteiger partial charge on any atom is -0.330 e. The van der Waals surface area contributed by atoms with E-state index in [1.165, 1.54) is 11.5 Å². The maximum Gasteiger partial charge on any atom is 0.00579 e. The monoisotopic (exact) mass is 234 g/mol. The Labute approximate surface area is 92.2 Å². The van der Waals surface area contributed by atoms with Crippen LogP contribution in [0, 0.1) is 0 Å². The van der Waals surface area contributed by atoms with Crippen LogP contribution in [0.3, 0.4) is 0 Å². The van der Waals surface area contributed by atoms with Crippen molar-refractivity contribution in [3.05, 3.63) is 0 Å². The molecule has 0 fully saturated rings. The normalized spacial score (nSPS) is 8.50. The molecular formula is C7H20Cl2N2S. The van der Waals surface area contributed by atoms with E-state index in [0.717, 1.165) is 26.1 Å². The van der Waals surface area contributed by atoms with E-state index in [-0.39, 0.29) is 24.8 Å². The Morgan fingerprint density at radius 3 is 2.42 bits per heavy atom. The molecule has 0 rings (SSSR count). The minimum absolute atomic E-state index is 0. The molecule has 0 amide bonds. The molecule has 0 saturated heterocycles. The highest BCUT2D eigenvalue weighted by molar-refractivity contribution is 7.99. The van der Waals surface area contributed by atoms with E-state index in [9.17, 15) is 0 Å². The second kappa shape index (κ2) is 17.8. The lowest BCUT2D eigenvalue weighted by atomic mass is 10.4. The summed E-state index contributed by atoms with van der Waals surface area (Å²) in [6.07, 6.45) is 1.09. The maximum absolute atomic E-state index is 5.32. The third-order valence-electron chi connectivity index (χ3n) is 1.18. The zero-order valence-corrected chi connectivity index (χ0v) is 9.99. The Balaban J connectivity index is -0.000000405. The molecule has 0 bridgehead atoms. The van der Waals surface area contributed by atoms with Gasteiger partial charge in [-0.25, -0.2) is 0 Å². The number of hydrogen-bond acceptors (Lipinski definition) is 3. The third kappa shape index (κ3) is 17.1. The molecule has 3 N–H and O–H groups in total. The SMILES string of the molecule is CCSCCNCCCN.Cl.Cl. The molecular weight excluding hydrogens is 215 g/mol. The fourth-order valence-corrected chi connectivity index (χ4v) is 1.22. The number of nitrogens with one attached hydrogen (secondary N) is 1. The first-order valence-electron chi connectivity index (χ1n) is 3.90. The Morgan fingerprint density at radius 1 is 1.25 bits per heavy atom. The molecule has 0 aliphatic carbocycles. The van der Waals surface area contributed by atoms with Crippen LogP contribution in [-0.4, -0.2) is 31.1 Å². The lowest BCUT2D eigenvalue weighted by molar-refractivity contribution is 0.683. The van der Waals surface area contributed by atoms with Gasteiger partial charge >= 0.3 is 0 Å². The zero-order chi connectivity index (χ0) is 7.66. The van der Waals surface area contributed by atoms with Crippen LogP contribution in [0.1, 0.15) is 13.3 Å². The predicted octanol–water partition coefficient (Wildman–Crippen LogP) is 1.52. The maximum atomic E-state index is 5.32. The molecule has 0 spiro atoms. The van der Waals surface area contributed by atoms with E-state index >= 15 is 0 Å². The molecule has 0 unspecified atom stereocenters. The van der Waals surface area contributed by atoms with E-state index in [4.69, 9.17) is 5.73 Å². The van der Waals surface area contributed by atoms with Crippen molar-refractivity contribution < 1.29 is 0 Å². The molecule has 0 saturated carbocycles. The van der Waals surface area contributed by atoms with Crippen molar-refractivity contribution in [2.75, 3.05) is 31.1 Å². The summed E-state index contributed by atoms with van der Waals surface area (Å²) in [6, 6.07) is 0. The molecule has 0 aliphatic heterocycles. The first kappa shape index (κ1) is 18.6. The molecule has 78 valence electrons. The topological polar surface area (TPSA) is 38.0 Å². The Morgan fingerprint density at radius 2 is 1.92 bits per heavy atom. The Bertz CT molecular complexity index is 59.4. The van der Waals surface area contributed by atoms with Crippen LogP contribution in [0.4, 0.5) is 0 Å². The molecule has 0 atom stereocenters. The second-order valence-electron chi connectivity index (χ2n) is 2.09. The van der Waals surface area contributed by atoms with Gasteiger partial charge in [-0.05, 0) is 25.3 Å². The van der Waals surface area contributed by atoms with Crippen LogP contribution in [0.25, 0.3) is 0 Å². The molecule has 0 aromatic carbocycles. The summed E-state index contributed by atoms with van der Waals surface area (Å²) in [4.78, 5) is 0. The van der Waals surface area contributed by atoms with Gasteiger partial charge in [-0.2, -0.15) is 11.8 Å². The fourth-order valence-electron chi connectivity index (χ4n) is 0.641. The van der Waals surface area contributed by atoms with Crippen LogP contribution < -0.4 is 11.1 Å². The molecule has 12 heavy (non-hydrogen) atoms.